The zero-order valence-corrected chi connectivity index (χ0v) is 8.20. The molecular formula is C11H9F3O2. The molecule has 2 nitrogen and oxygen atoms in total. The van der Waals surface area contributed by atoms with E-state index in [1.807, 2.05) is 0 Å². The van der Waals surface area contributed by atoms with Gasteiger partial charge in [0.15, 0.2) is 0 Å². The molecule has 16 heavy (non-hydrogen) atoms. The summed E-state index contributed by atoms with van der Waals surface area (Å²) in [6, 6.07) is 4.70. The topological polar surface area (TPSA) is 26.3 Å². The Bertz CT molecular complexity index is 366. The van der Waals surface area contributed by atoms with Crippen LogP contribution in [0.1, 0.15) is 11.1 Å². The Labute approximate surface area is 90.3 Å². The fraction of sp³-hybridized carbons (Fsp3) is 0.182. The first-order valence-electron chi connectivity index (χ1n) is 4.43. The fourth-order valence-corrected chi connectivity index (χ4v) is 1.06. The monoisotopic (exact) mass is 230 g/mol. The highest BCUT2D eigenvalue weighted by Crippen LogP contribution is 2.29. The van der Waals surface area contributed by atoms with E-state index in [0.29, 0.717) is 12.0 Å². The molecular weight excluding hydrogens is 221 g/mol. The maximum atomic E-state index is 12.2. The van der Waals surface area contributed by atoms with Crippen molar-refractivity contribution in [2.75, 3.05) is 6.61 Å². The second kappa shape index (κ2) is 5.34. The molecule has 1 rings (SSSR count). The zero-order chi connectivity index (χ0) is 12.0. The summed E-state index contributed by atoms with van der Waals surface area (Å²) in [5.41, 5.74) is -0.0729. The Morgan fingerprint density at radius 1 is 1.19 bits per heavy atom. The summed E-state index contributed by atoms with van der Waals surface area (Å²) in [6.07, 6.45) is -1.20. The molecule has 0 saturated carbocycles. The van der Waals surface area contributed by atoms with Crippen LogP contribution in [0.15, 0.2) is 30.3 Å². The molecule has 0 amide bonds. The van der Waals surface area contributed by atoms with Gasteiger partial charge in [-0.25, -0.2) is 0 Å². The summed E-state index contributed by atoms with van der Waals surface area (Å²) >= 11 is 0. The molecule has 0 heterocycles. The van der Waals surface area contributed by atoms with Crippen LogP contribution in [0.5, 0.6) is 0 Å². The number of alkyl halides is 3. The van der Waals surface area contributed by atoms with Crippen LogP contribution in [-0.4, -0.2) is 13.1 Å². The molecule has 86 valence electrons. The van der Waals surface area contributed by atoms with E-state index in [9.17, 15) is 18.0 Å². The summed E-state index contributed by atoms with van der Waals surface area (Å²) in [6.45, 7) is 0.404. The highest BCUT2D eigenvalue weighted by molar-refractivity contribution is 5.50. The van der Waals surface area contributed by atoms with Crippen LogP contribution in [-0.2, 0) is 15.7 Å². The third-order valence-electron chi connectivity index (χ3n) is 1.81. The molecule has 0 atom stereocenters. The Hall–Kier alpha value is -1.78. The highest BCUT2D eigenvalue weighted by atomic mass is 19.4. The summed E-state index contributed by atoms with van der Waals surface area (Å²) in [5, 5.41) is 0. The van der Waals surface area contributed by atoms with E-state index in [-0.39, 0.29) is 6.61 Å². The fourth-order valence-electron chi connectivity index (χ4n) is 1.06. The molecule has 5 heteroatoms. The minimum absolute atomic E-state index is 0.102. The van der Waals surface area contributed by atoms with E-state index in [0.717, 1.165) is 12.1 Å². The van der Waals surface area contributed by atoms with Gasteiger partial charge in [0.25, 0.3) is 6.47 Å². The van der Waals surface area contributed by atoms with Crippen LogP contribution in [0.2, 0.25) is 0 Å². The van der Waals surface area contributed by atoms with Crippen molar-refractivity contribution < 1.29 is 22.7 Å². The van der Waals surface area contributed by atoms with Crippen LogP contribution < -0.4 is 0 Å². The lowest BCUT2D eigenvalue weighted by Gasteiger charge is -2.05. The molecule has 0 radical (unpaired) electrons. The van der Waals surface area contributed by atoms with Gasteiger partial charge in [0.2, 0.25) is 0 Å². The quantitative estimate of drug-likeness (QED) is 0.587. The number of hydrogen-bond donors (Lipinski definition) is 0. The second-order valence-electron chi connectivity index (χ2n) is 2.95. The molecule has 0 unspecified atom stereocenters. The van der Waals surface area contributed by atoms with Gasteiger partial charge in [0.05, 0.1) is 5.56 Å². The lowest BCUT2D eigenvalue weighted by molar-refractivity contribution is -0.137. The van der Waals surface area contributed by atoms with E-state index >= 15 is 0 Å². The van der Waals surface area contributed by atoms with Crippen molar-refractivity contribution in [3.8, 4) is 0 Å². The molecule has 1 aromatic rings. The SMILES string of the molecule is O=COCC=Cc1ccc(C(F)(F)F)cc1. The molecule has 0 N–H and O–H groups in total. The third-order valence-corrected chi connectivity index (χ3v) is 1.81. The van der Waals surface area contributed by atoms with Crippen LogP contribution in [0, 0.1) is 0 Å². The van der Waals surface area contributed by atoms with E-state index < -0.39 is 11.7 Å². The number of hydrogen-bond acceptors (Lipinski definition) is 2. The normalized spacial score (nSPS) is 11.7. The van der Waals surface area contributed by atoms with Gasteiger partial charge in [-0.15, -0.1) is 0 Å². The van der Waals surface area contributed by atoms with Crippen molar-refractivity contribution >= 4 is 12.5 Å². The van der Waals surface area contributed by atoms with Crippen LogP contribution in [0.4, 0.5) is 13.2 Å². The Morgan fingerprint density at radius 3 is 2.31 bits per heavy atom. The zero-order valence-electron chi connectivity index (χ0n) is 8.20. The van der Waals surface area contributed by atoms with E-state index in [2.05, 4.69) is 4.74 Å². The molecule has 0 aliphatic heterocycles. The van der Waals surface area contributed by atoms with Crippen molar-refractivity contribution in [1.82, 2.24) is 0 Å². The van der Waals surface area contributed by atoms with Crippen molar-refractivity contribution in [3.05, 3.63) is 41.5 Å². The van der Waals surface area contributed by atoms with E-state index in [4.69, 9.17) is 0 Å². The van der Waals surface area contributed by atoms with Gasteiger partial charge in [0, 0.05) is 0 Å². The average Bonchev–Trinajstić information content (AvgIpc) is 2.24. The highest BCUT2D eigenvalue weighted by Gasteiger charge is 2.29. The lowest BCUT2D eigenvalue weighted by atomic mass is 10.1. The lowest BCUT2D eigenvalue weighted by Crippen LogP contribution is -2.03. The first-order valence-corrected chi connectivity index (χ1v) is 4.43. The van der Waals surface area contributed by atoms with Gasteiger partial charge in [-0.05, 0) is 23.8 Å². The molecule has 0 bridgehead atoms. The smallest absolute Gasteiger partial charge is 0.416 e. The van der Waals surface area contributed by atoms with Crippen molar-refractivity contribution in [2.45, 2.75) is 6.18 Å². The first-order chi connectivity index (χ1) is 7.54. The number of halogens is 3. The number of rotatable bonds is 4. The maximum absolute atomic E-state index is 12.2. The first kappa shape index (κ1) is 12.3. The summed E-state index contributed by atoms with van der Waals surface area (Å²) < 4.78 is 41.0. The Kier molecular flexibility index (Phi) is 4.10. The maximum Gasteiger partial charge on any atom is 0.416 e. The number of carbonyl (C=O) groups excluding carboxylic acids is 1. The summed E-state index contributed by atoms with van der Waals surface area (Å²) in [7, 11) is 0. The molecule has 0 aliphatic carbocycles. The molecule has 0 spiro atoms. The summed E-state index contributed by atoms with van der Waals surface area (Å²) in [5.74, 6) is 0. The predicted octanol–water partition coefficient (Wildman–Crippen LogP) is 2.89. The van der Waals surface area contributed by atoms with Gasteiger partial charge in [-0.2, -0.15) is 13.2 Å². The number of carbonyl (C=O) groups is 1. The van der Waals surface area contributed by atoms with Gasteiger partial charge in [-0.1, -0.05) is 18.2 Å². The predicted molar refractivity (Wildman–Crippen MR) is 52.5 cm³/mol. The van der Waals surface area contributed by atoms with Crippen molar-refractivity contribution in [3.63, 3.8) is 0 Å². The van der Waals surface area contributed by atoms with Crippen molar-refractivity contribution in [2.24, 2.45) is 0 Å². The van der Waals surface area contributed by atoms with Gasteiger partial charge in [-0.3, -0.25) is 4.79 Å². The van der Waals surface area contributed by atoms with E-state index in [1.54, 1.807) is 6.08 Å². The summed E-state index contributed by atoms with van der Waals surface area (Å²) in [4.78, 5) is 9.79. The van der Waals surface area contributed by atoms with Crippen molar-refractivity contribution in [1.29, 1.82) is 0 Å². The van der Waals surface area contributed by atoms with Gasteiger partial charge >= 0.3 is 6.18 Å². The minimum atomic E-state index is -4.32. The number of benzene rings is 1. The number of ether oxygens (including phenoxy) is 1. The minimum Gasteiger partial charge on any atom is -0.464 e. The van der Waals surface area contributed by atoms with Crippen LogP contribution >= 0.6 is 0 Å². The van der Waals surface area contributed by atoms with Gasteiger partial charge in [0.1, 0.15) is 6.61 Å². The molecule has 0 aliphatic rings. The van der Waals surface area contributed by atoms with Gasteiger partial charge < -0.3 is 4.74 Å². The molecule has 0 aromatic heterocycles. The molecule has 0 saturated heterocycles. The molecule has 1 aromatic carbocycles. The van der Waals surface area contributed by atoms with E-state index in [1.165, 1.54) is 18.2 Å². The third kappa shape index (κ3) is 3.76. The van der Waals surface area contributed by atoms with Crippen LogP contribution in [0.25, 0.3) is 6.08 Å². The van der Waals surface area contributed by atoms with Crippen LogP contribution in [0.3, 0.4) is 0 Å². The Balaban J connectivity index is 2.65. The average molecular weight is 230 g/mol. The Morgan fingerprint density at radius 2 is 1.81 bits per heavy atom. The standard InChI is InChI=1S/C11H9F3O2/c12-11(13,14)10-5-3-9(4-6-10)2-1-7-16-8-15/h1-6,8H,7H2. The molecule has 0 fully saturated rings. The largest absolute Gasteiger partial charge is 0.464 e. The second-order valence-corrected chi connectivity index (χ2v) is 2.95.